The summed E-state index contributed by atoms with van der Waals surface area (Å²) in [7, 11) is 0. The number of anilines is 2. The van der Waals surface area contributed by atoms with Gasteiger partial charge in [0.25, 0.3) is 0 Å². The van der Waals surface area contributed by atoms with Crippen molar-refractivity contribution >= 4 is 35.4 Å². The third kappa shape index (κ3) is 5.11. The molecule has 2 fully saturated rings. The maximum absolute atomic E-state index is 12.6. The van der Waals surface area contributed by atoms with Crippen molar-refractivity contribution in [3.05, 3.63) is 52.7 Å². The number of nitrogens with zero attached hydrogens (tertiary/aromatic N) is 5. The predicted molar refractivity (Wildman–Crippen MR) is 122 cm³/mol. The number of hydrogen-bond acceptors (Lipinski definition) is 5. The van der Waals surface area contributed by atoms with E-state index in [-0.39, 0.29) is 5.91 Å². The first-order valence-corrected chi connectivity index (χ1v) is 11.0. The van der Waals surface area contributed by atoms with Gasteiger partial charge in [-0.1, -0.05) is 23.7 Å². The highest BCUT2D eigenvalue weighted by atomic mass is 35.5. The lowest BCUT2D eigenvalue weighted by molar-refractivity contribution is -0.126. The molecule has 2 aromatic rings. The summed E-state index contributed by atoms with van der Waals surface area (Å²) in [4.78, 5) is 28.5. The van der Waals surface area contributed by atoms with Gasteiger partial charge in [-0.2, -0.15) is 4.98 Å². The Morgan fingerprint density at radius 3 is 2.33 bits per heavy atom. The molecule has 0 unspecified atom stereocenters. The highest BCUT2D eigenvalue weighted by Gasteiger charge is 2.22. The molecule has 0 saturated carbocycles. The lowest BCUT2D eigenvalue weighted by Gasteiger charge is -2.35. The summed E-state index contributed by atoms with van der Waals surface area (Å²) in [5.41, 5.74) is 1.96. The Labute approximate surface area is 183 Å². The van der Waals surface area contributed by atoms with Crippen molar-refractivity contribution in [3.63, 3.8) is 0 Å². The second kappa shape index (κ2) is 9.47. The quantitative estimate of drug-likeness (QED) is 0.697. The number of halogens is 1. The molecule has 1 aromatic carbocycles. The highest BCUT2D eigenvalue weighted by Crippen LogP contribution is 2.21. The third-order valence-corrected chi connectivity index (χ3v) is 5.92. The molecule has 1 amide bonds. The standard InChI is InChI=1S/C23H28ClN5O/c1-18-17-21(26-23(25-18)29-11-3-2-4-12-29)27-13-15-28(16-14-27)22(30)10-7-19-5-8-20(24)9-6-19/h5-10,17H,2-4,11-16H2,1H3/b10-7+. The van der Waals surface area contributed by atoms with Gasteiger partial charge in [-0.05, 0) is 50.0 Å². The topological polar surface area (TPSA) is 52.6 Å². The van der Waals surface area contributed by atoms with Crippen LogP contribution in [0.15, 0.2) is 36.4 Å². The van der Waals surface area contributed by atoms with E-state index in [1.807, 2.05) is 48.2 Å². The number of piperazine rings is 1. The number of carbonyl (C=O) groups is 1. The molecule has 0 bridgehead atoms. The number of benzene rings is 1. The third-order valence-electron chi connectivity index (χ3n) is 5.67. The zero-order valence-electron chi connectivity index (χ0n) is 17.4. The number of aromatic nitrogens is 2. The molecule has 0 spiro atoms. The first-order valence-electron chi connectivity index (χ1n) is 10.7. The second-order valence-corrected chi connectivity index (χ2v) is 8.35. The van der Waals surface area contributed by atoms with E-state index in [2.05, 4.69) is 14.8 Å². The molecule has 30 heavy (non-hydrogen) atoms. The van der Waals surface area contributed by atoms with E-state index >= 15 is 0 Å². The van der Waals surface area contributed by atoms with E-state index in [1.165, 1.54) is 19.3 Å². The van der Waals surface area contributed by atoms with Crippen LogP contribution in [0.5, 0.6) is 0 Å². The van der Waals surface area contributed by atoms with Crippen LogP contribution in [0.2, 0.25) is 5.02 Å². The smallest absolute Gasteiger partial charge is 0.246 e. The van der Waals surface area contributed by atoms with E-state index in [9.17, 15) is 4.79 Å². The largest absolute Gasteiger partial charge is 0.353 e. The monoisotopic (exact) mass is 425 g/mol. The van der Waals surface area contributed by atoms with Gasteiger partial charge in [-0.15, -0.1) is 0 Å². The van der Waals surface area contributed by atoms with E-state index in [0.717, 1.165) is 49.2 Å². The van der Waals surface area contributed by atoms with Crippen molar-refractivity contribution in [2.24, 2.45) is 0 Å². The van der Waals surface area contributed by atoms with E-state index in [4.69, 9.17) is 16.6 Å². The Morgan fingerprint density at radius 2 is 1.63 bits per heavy atom. The predicted octanol–water partition coefficient (Wildman–Crippen LogP) is 3.79. The fraction of sp³-hybridized carbons (Fsp3) is 0.435. The fourth-order valence-electron chi connectivity index (χ4n) is 3.94. The van der Waals surface area contributed by atoms with Crippen LogP contribution in [0.4, 0.5) is 11.8 Å². The van der Waals surface area contributed by atoms with Crippen molar-refractivity contribution in [2.45, 2.75) is 26.2 Å². The molecular formula is C23H28ClN5O. The summed E-state index contributed by atoms with van der Waals surface area (Å²) in [6, 6.07) is 9.51. The molecule has 1 aromatic heterocycles. The summed E-state index contributed by atoms with van der Waals surface area (Å²) < 4.78 is 0. The van der Waals surface area contributed by atoms with Crippen molar-refractivity contribution in [3.8, 4) is 0 Å². The van der Waals surface area contributed by atoms with Gasteiger partial charge in [0.15, 0.2) is 0 Å². The normalized spacial score (nSPS) is 17.6. The highest BCUT2D eigenvalue weighted by molar-refractivity contribution is 6.30. The first kappa shape index (κ1) is 20.7. The number of hydrogen-bond donors (Lipinski definition) is 0. The number of amides is 1. The number of carbonyl (C=O) groups excluding carboxylic acids is 1. The van der Waals surface area contributed by atoms with Crippen LogP contribution in [-0.2, 0) is 4.79 Å². The molecule has 0 aliphatic carbocycles. The van der Waals surface area contributed by atoms with Gasteiger partial charge in [0.2, 0.25) is 11.9 Å². The Morgan fingerprint density at radius 1 is 0.933 bits per heavy atom. The zero-order chi connectivity index (χ0) is 20.9. The summed E-state index contributed by atoms with van der Waals surface area (Å²) in [5.74, 6) is 1.85. The van der Waals surface area contributed by atoms with Crippen LogP contribution < -0.4 is 9.80 Å². The molecule has 0 N–H and O–H groups in total. The van der Waals surface area contributed by atoms with Gasteiger partial charge in [-0.25, -0.2) is 4.98 Å². The molecule has 0 atom stereocenters. The summed E-state index contributed by atoms with van der Waals surface area (Å²) in [6.45, 7) is 7.01. The van der Waals surface area contributed by atoms with Crippen molar-refractivity contribution in [1.82, 2.24) is 14.9 Å². The van der Waals surface area contributed by atoms with Gasteiger partial charge in [0.1, 0.15) is 5.82 Å². The van der Waals surface area contributed by atoms with Gasteiger partial charge in [-0.3, -0.25) is 4.79 Å². The Kier molecular flexibility index (Phi) is 6.53. The minimum atomic E-state index is 0.0393. The number of rotatable bonds is 4. The van der Waals surface area contributed by atoms with Crippen LogP contribution in [0, 0.1) is 6.92 Å². The molecule has 6 nitrogen and oxygen atoms in total. The van der Waals surface area contributed by atoms with E-state index < -0.39 is 0 Å². The second-order valence-electron chi connectivity index (χ2n) is 7.91. The van der Waals surface area contributed by atoms with Crippen LogP contribution in [-0.4, -0.2) is 60.0 Å². The van der Waals surface area contributed by atoms with Crippen molar-refractivity contribution in [1.29, 1.82) is 0 Å². The van der Waals surface area contributed by atoms with E-state index in [0.29, 0.717) is 18.1 Å². The summed E-state index contributed by atoms with van der Waals surface area (Å²) >= 11 is 5.91. The first-order chi connectivity index (χ1) is 14.6. The number of piperidine rings is 1. The van der Waals surface area contributed by atoms with Crippen LogP contribution in [0.3, 0.4) is 0 Å². The molecule has 2 aliphatic heterocycles. The van der Waals surface area contributed by atoms with Crippen molar-refractivity contribution in [2.75, 3.05) is 49.1 Å². The maximum Gasteiger partial charge on any atom is 0.246 e. The maximum atomic E-state index is 12.6. The van der Waals surface area contributed by atoms with Crippen molar-refractivity contribution < 1.29 is 4.79 Å². The lowest BCUT2D eigenvalue weighted by atomic mass is 10.1. The zero-order valence-corrected chi connectivity index (χ0v) is 18.2. The van der Waals surface area contributed by atoms with Gasteiger partial charge >= 0.3 is 0 Å². The van der Waals surface area contributed by atoms with E-state index in [1.54, 1.807) is 6.08 Å². The molecule has 2 aliphatic rings. The summed E-state index contributed by atoms with van der Waals surface area (Å²) in [6.07, 6.45) is 7.18. The summed E-state index contributed by atoms with van der Waals surface area (Å²) in [5, 5.41) is 0.693. The Bertz CT molecular complexity index is 900. The minimum Gasteiger partial charge on any atom is -0.353 e. The van der Waals surface area contributed by atoms with Crippen LogP contribution in [0.25, 0.3) is 6.08 Å². The van der Waals surface area contributed by atoms with Gasteiger partial charge in [0, 0.05) is 62.1 Å². The molecule has 7 heteroatoms. The molecular weight excluding hydrogens is 398 g/mol. The fourth-order valence-corrected chi connectivity index (χ4v) is 4.06. The van der Waals surface area contributed by atoms with Crippen LogP contribution in [0.1, 0.15) is 30.5 Å². The van der Waals surface area contributed by atoms with Gasteiger partial charge < -0.3 is 14.7 Å². The van der Waals surface area contributed by atoms with Gasteiger partial charge in [0.05, 0.1) is 0 Å². The minimum absolute atomic E-state index is 0.0393. The number of aryl methyl sites for hydroxylation is 1. The molecule has 2 saturated heterocycles. The SMILES string of the molecule is Cc1cc(N2CCN(C(=O)/C=C/c3ccc(Cl)cc3)CC2)nc(N2CCCCC2)n1. The van der Waals surface area contributed by atoms with Crippen LogP contribution >= 0.6 is 11.6 Å². The molecule has 3 heterocycles. The average Bonchev–Trinajstić information content (AvgIpc) is 2.79. The molecule has 4 rings (SSSR count). The Balaban J connectivity index is 1.36. The molecule has 158 valence electrons. The Hall–Kier alpha value is -2.60. The average molecular weight is 426 g/mol. The molecule has 0 radical (unpaired) electrons. The lowest BCUT2D eigenvalue weighted by Crippen LogP contribution is -2.48.